The first-order chi connectivity index (χ1) is 9.41. The summed E-state index contributed by atoms with van der Waals surface area (Å²) in [4.78, 5) is 11.3. The Morgan fingerprint density at radius 2 is 1.90 bits per heavy atom. The fourth-order valence-electron chi connectivity index (χ4n) is 2.50. The number of carbonyl (C=O) groups is 1. The van der Waals surface area contributed by atoms with Gasteiger partial charge in [0, 0.05) is 5.39 Å². The van der Waals surface area contributed by atoms with Crippen LogP contribution >= 0.6 is 0 Å². The highest BCUT2D eigenvalue weighted by atomic mass is 16.4. The molecule has 1 aromatic carbocycles. The van der Waals surface area contributed by atoms with Crippen LogP contribution < -0.4 is 5.32 Å². The lowest BCUT2D eigenvalue weighted by atomic mass is 10.0. The van der Waals surface area contributed by atoms with Crippen LogP contribution in [0.25, 0.3) is 11.0 Å². The summed E-state index contributed by atoms with van der Waals surface area (Å²) < 4.78 is 5.87. The molecule has 4 nitrogen and oxygen atoms in total. The monoisotopic (exact) mass is 275 g/mol. The first-order valence-electron chi connectivity index (χ1n) is 6.88. The maximum Gasteiger partial charge on any atom is 0.320 e. The van der Waals surface area contributed by atoms with E-state index in [2.05, 4.69) is 5.32 Å². The molecule has 0 amide bonds. The summed E-state index contributed by atoms with van der Waals surface area (Å²) in [5, 5.41) is 13.5. The van der Waals surface area contributed by atoms with Gasteiger partial charge in [0.25, 0.3) is 0 Å². The molecule has 0 aliphatic carbocycles. The quantitative estimate of drug-likeness (QED) is 0.876. The number of fused-ring (bicyclic) bond motifs is 1. The van der Waals surface area contributed by atoms with Crippen molar-refractivity contribution in [1.82, 2.24) is 5.32 Å². The highest BCUT2D eigenvalue weighted by Gasteiger charge is 2.26. The summed E-state index contributed by atoms with van der Waals surface area (Å²) in [5.41, 5.74) is 1.90. The topological polar surface area (TPSA) is 62.5 Å². The third-order valence-corrected chi connectivity index (χ3v) is 3.64. The van der Waals surface area contributed by atoms with Gasteiger partial charge >= 0.3 is 5.97 Å². The molecule has 0 radical (unpaired) electrons. The van der Waals surface area contributed by atoms with Crippen LogP contribution in [0, 0.1) is 12.8 Å². The van der Waals surface area contributed by atoms with Crippen LogP contribution in [-0.2, 0) is 4.79 Å². The van der Waals surface area contributed by atoms with Crippen molar-refractivity contribution in [3.63, 3.8) is 0 Å². The zero-order valence-corrected chi connectivity index (χ0v) is 12.3. The summed E-state index contributed by atoms with van der Waals surface area (Å²) in [6.07, 6.45) is 0. The Kier molecular flexibility index (Phi) is 4.14. The predicted molar refractivity (Wildman–Crippen MR) is 78.8 cm³/mol. The third-order valence-electron chi connectivity index (χ3n) is 3.64. The second-order valence-electron chi connectivity index (χ2n) is 5.54. The first kappa shape index (κ1) is 14.6. The number of para-hydroxylation sites is 1. The van der Waals surface area contributed by atoms with Gasteiger partial charge in [-0.25, -0.2) is 0 Å². The van der Waals surface area contributed by atoms with E-state index in [1.807, 2.05) is 52.0 Å². The Morgan fingerprint density at radius 3 is 2.45 bits per heavy atom. The molecule has 20 heavy (non-hydrogen) atoms. The van der Waals surface area contributed by atoms with E-state index in [9.17, 15) is 9.90 Å². The van der Waals surface area contributed by atoms with Crippen molar-refractivity contribution in [2.45, 2.75) is 39.8 Å². The normalized spacial score (nSPS) is 14.7. The van der Waals surface area contributed by atoms with Crippen molar-refractivity contribution in [1.29, 1.82) is 0 Å². The van der Waals surface area contributed by atoms with Gasteiger partial charge in [-0.1, -0.05) is 32.0 Å². The number of carboxylic acid groups (broad SMARTS) is 1. The van der Waals surface area contributed by atoms with Gasteiger partial charge in [0.1, 0.15) is 17.4 Å². The lowest BCUT2D eigenvalue weighted by molar-refractivity contribution is -0.140. The number of furan rings is 1. The molecule has 0 aliphatic rings. The van der Waals surface area contributed by atoms with Crippen molar-refractivity contribution in [2.75, 3.05) is 0 Å². The van der Waals surface area contributed by atoms with Crippen LogP contribution in [0.4, 0.5) is 0 Å². The van der Waals surface area contributed by atoms with Crippen LogP contribution in [0.2, 0.25) is 0 Å². The zero-order valence-electron chi connectivity index (χ0n) is 12.3. The molecule has 1 aromatic heterocycles. The van der Waals surface area contributed by atoms with E-state index < -0.39 is 12.0 Å². The molecule has 2 rings (SSSR count). The molecule has 4 heteroatoms. The number of benzene rings is 1. The van der Waals surface area contributed by atoms with Crippen molar-refractivity contribution >= 4 is 16.9 Å². The van der Waals surface area contributed by atoms with Gasteiger partial charge in [-0.05, 0) is 31.4 Å². The lowest BCUT2D eigenvalue weighted by Crippen LogP contribution is -2.42. The minimum absolute atomic E-state index is 0.0136. The Balaban J connectivity index is 2.29. The van der Waals surface area contributed by atoms with Gasteiger partial charge in [-0.3, -0.25) is 10.1 Å². The Morgan fingerprint density at radius 1 is 1.25 bits per heavy atom. The summed E-state index contributed by atoms with van der Waals surface area (Å²) in [7, 11) is 0. The van der Waals surface area contributed by atoms with E-state index in [1.165, 1.54) is 0 Å². The Hall–Kier alpha value is -1.81. The molecule has 2 unspecified atom stereocenters. The molecule has 0 bridgehead atoms. The van der Waals surface area contributed by atoms with Gasteiger partial charge < -0.3 is 9.52 Å². The van der Waals surface area contributed by atoms with Crippen molar-refractivity contribution in [3.8, 4) is 0 Å². The van der Waals surface area contributed by atoms with Crippen LogP contribution in [0.3, 0.4) is 0 Å². The molecule has 0 spiro atoms. The number of aryl methyl sites for hydroxylation is 1. The van der Waals surface area contributed by atoms with E-state index in [-0.39, 0.29) is 12.0 Å². The maximum atomic E-state index is 11.3. The Labute approximate surface area is 118 Å². The zero-order chi connectivity index (χ0) is 14.9. The van der Waals surface area contributed by atoms with Crippen molar-refractivity contribution in [3.05, 3.63) is 35.6 Å². The highest BCUT2D eigenvalue weighted by molar-refractivity contribution is 5.82. The van der Waals surface area contributed by atoms with Crippen molar-refractivity contribution < 1.29 is 14.3 Å². The number of hydrogen-bond donors (Lipinski definition) is 2. The molecule has 0 fully saturated rings. The Bertz CT molecular complexity index is 615. The number of nitrogens with one attached hydrogen (secondary N) is 1. The molecule has 1 heterocycles. The maximum absolute atomic E-state index is 11.3. The number of aliphatic carboxylic acids is 1. The largest absolute Gasteiger partial charge is 0.480 e. The molecule has 2 aromatic rings. The average molecular weight is 275 g/mol. The number of carboxylic acids is 1. The molecular weight excluding hydrogens is 254 g/mol. The fourth-order valence-corrected chi connectivity index (χ4v) is 2.50. The highest BCUT2D eigenvalue weighted by Crippen LogP contribution is 2.29. The van der Waals surface area contributed by atoms with Gasteiger partial charge in [-0.15, -0.1) is 0 Å². The first-order valence-corrected chi connectivity index (χ1v) is 6.88. The number of rotatable bonds is 5. The fraction of sp³-hybridized carbons (Fsp3) is 0.438. The number of hydrogen-bond acceptors (Lipinski definition) is 3. The van der Waals surface area contributed by atoms with Gasteiger partial charge in [0.05, 0.1) is 6.04 Å². The average Bonchev–Trinajstić information content (AvgIpc) is 2.73. The predicted octanol–water partition coefficient (Wildman–Crippen LogP) is 3.50. The van der Waals surface area contributed by atoms with Crippen LogP contribution in [0.5, 0.6) is 0 Å². The summed E-state index contributed by atoms with van der Waals surface area (Å²) in [6.45, 7) is 7.72. The molecule has 0 aliphatic heterocycles. The van der Waals surface area contributed by atoms with E-state index in [0.29, 0.717) is 0 Å². The van der Waals surface area contributed by atoms with E-state index >= 15 is 0 Å². The summed E-state index contributed by atoms with van der Waals surface area (Å²) in [5.74, 6) is -0.0154. The summed E-state index contributed by atoms with van der Waals surface area (Å²) >= 11 is 0. The van der Waals surface area contributed by atoms with Crippen LogP contribution in [-0.4, -0.2) is 17.1 Å². The van der Waals surface area contributed by atoms with Gasteiger partial charge in [0.2, 0.25) is 0 Å². The molecule has 0 saturated heterocycles. The minimum atomic E-state index is -0.833. The van der Waals surface area contributed by atoms with Gasteiger partial charge in [-0.2, -0.15) is 0 Å². The molecule has 108 valence electrons. The lowest BCUT2D eigenvalue weighted by Gasteiger charge is -2.22. The molecular formula is C16H21NO3. The standard InChI is InChI=1S/C16H21NO3/c1-9(2)14(16(18)19)17-11(4)15-10(3)12-7-5-6-8-13(12)20-15/h5-9,11,14,17H,1-4H3,(H,18,19). The van der Waals surface area contributed by atoms with Gasteiger partial charge in [0.15, 0.2) is 0 Å². The second-order valence-corrected chi connectivity index (χ2v) is 5.54. The van der Waals surface area contributed by atoms with Crippen LogP contribution in [0.1, 0.15) is 38.1 Å². The van der Waals surface area contributed by atoms with Crippen LogP contribution in [0.15, 0.2) is 28.7 Å². The van der Waals surface area contributed by atoms with E-state index in [0.717, 1.165) is 22.3 Å². The molecule has 2 atom stereocenters. The second kappa shape index (κ2) is 5.67. The smallest absolute Gasteiger partial charge is 0.320 e. The molecule has 0 saturated carbocycles. The van der Waals surface area contributed by atoms with E-state index in [1.54, 1.807) is 0 Å². The van der Waals surface area contributed by atoms with Crippen molar-refractivity contribution in [2.24, 2.45) is 5.92 Å². The SMILES string of the molecule is Cc1c(C(C)NC(C(=O)O)C(C)C)oc2ccccc12. The van der Waals surface area contributed by atoms with E-state index in [4.69, 9.17) is 4.42 Å². The molecule has 2 N–H and O–H groups in total. The summed E-state index contributed by atoms with van der Waals surface area (Å²) in [6, 6.07) is 7.11. The third kappa shape index (κ3) is 2.70. The minimum Gasteiger partial charge on any atom is -0.480 e.